The van der Waals surface area contributed by atoms with Crippen LogP contribution in [0.1, 0.15) is 66.1 Å². The molecule has 40 heavy (non-hydrogen) atoms. The van der Waals surface area contributed by atoms with Crippen molar-refractivity contribution >= 4 is 23.0 Å². The molecule has 1 fully saturated rings. The van der Waals surface area contributed by atoms with Crippen LogP contribution in [0.15, 0.2) is 84.2 Å². The van der Waals surface area contributed by atoms with E-state index in [2.05, 4.69) is 82.9 Å². The Kier molecular flexibility index (Phi) is 9.63. The minimum absolute atomic E-state index is 0.116. The van der Waals surface area contributed by atoms with Crippen LogP contribution in [0.5, 0.6) is 0 Å². The predicted octanol–water partition coefficient (Wildman–Crippen LogP) is 7.97. The van der Waals surface area contributed by atoms with Gasteiger partial charge in [0.15, 0.2) is 0 Å². The van der Waals surface area contributed by atoms with Crippen molar-refractivity contribution in [3.05, 3.63) is 106 Å². The van der Waals surface area contributed by atoms with Gasteiger partial charge in [0.1, 0.15) is 5.01 Å². The molecule has 0 radical (unpaired) electrons. The van der Waals surface area contributed by atoms with Gasteiger partial charge in [-0.3, -0.25) is 9.69 Å². The molecule has 6 heteroatoms. The second-order valence-electron chi connectivity index (χ2n) is 10.9. The molecule has 0 amide bonds. The summed E-state index contributed by atoms with van der Waals surface area (Å²) in [6.45, 7) is 2.70. The second kappa shape index (κ2) is 13.7. The van der Waals surface area contributed by atoms with E-state index in [-0.39, 0.29) is 6.42 Å². The molecule has 0 unspecified atom stereocenters. The average molecular weight is 554 g/mol. The molecule has 5 nitrogen and oxygen atoms in total. The molecule has 1 heterocycles. The van der Waals surface area contributed by atoms with Gasteiger partial charge in [0.05, 0.1) is 18.7 Å². The highest BCUT2D eigenvalue weighted by Gasteiger charge is 2.16. The Labute approximate surface area is 242 Å². The van der Waals surface area contributed by atoms with Crippen molar-refractivity contribution in [1.29, 1.82) is 0 Å². The van der Waals surface area contributed by atoms with E-state index in [4.69, 9.17) is 4.98 Å². The van der Waals surface area contributed by atoms with E-state index >= 15 is 0 Å². The van der Waals surface area contributed by atoms with Crippen molar-refractivity contribution in [2.24, 2.45) is 0 Å². The molecule has 1 aliphatic carbocycles. The average Bonchev–Trinajstić information content (AvgIpc) is 3.46. The first-order valence-corrected chi connectivity index (χ1v) is 15.2. The Balaban J connectivity index is 1.19. The van der Waals surface area contributed by atoms with Crippen LogP contribution in [-0.2, 0) is 24.4 Å². The zero-order chi connectivity index (χ0) is 27.7. The first kappa shape index (κ1) is 28.1. The number of hydrogen-bond acceptors (Lipinski definition) is 5. The van der Waals surface area contributed by atoms with Gasteiger partial charge in [0.25, 0.3) is 0 Å². The lowest BCUT2D eigenvalue weighted by atomic mass is 9.84. The summed E-state index contributed by atoms with van der Waals surface area (Å²) in [5.74, 6) is -0.0320. The van der Waals surface area contributed by atoms with Crippen LogP contribution in [0.2, 0.25) is 0 Å². The number of hydrogen-bond donors (Lipinski definition) is 1. The maximum absolute atomic E-state index is 11.2. The summed E-state index contributed by atoms with van der Waals surface area (Å²) in [4.78, 5) is 20.5. The summed E-state index contributed by atoms with van der Waals surface area (Å²) in [5.41, 5.74) is 7.24. The van der Waals surface area contributed by atoms with Crippen molar-refractivity contribution in [1.82, 2.24) is 9.88 Å². The van der Waals surface area contributed by atoms with Crippen molar-refractivity contribution < 1.29 is 9.90 Å². The Bertz CT molecular complexity index is 1350. The molecule has 0 atom stereocenters. The standard InChI is InChI=1S/C34H39N3O2S/c1-36(22-27-12-14-29(15-13-27)28-10-6-3-7-11-28)31-18-16-30(17-19-31)32-25-40-33(35-32)24-37(21-20-34(38)39)23-26-8-4-2-5-9-26/h2,4-5,8-9,12-19,25,28H,3,6-7,10-11,20-24H2,1H3,(H,38,39). The second-order valence-corrected chi connectivity index (χ2v) is 11.9. The molecule has 1 aromatic heterocycles. The number of thiazole rings is 1. The lowest BCUT2D eigenvalue weighted by Gasteiger charge is -2.23. The lowest BCUT2D eigenvalue weighted by molar-refractivity contribution is -0.137. The molecular formula is C34H39N3O2S. The molecule has 5 rings (SSSR count). The predicted molar refractivity (Wildman–Crippen MR) is 165 cm³/mol. The first-order chi connectivity index (χ1) is 19.5. The third-order valence-corrected chi connectivity index (χ3v) is 8.71. The van der Waals surface area contributed by atoms with Gasteiger partial charge in [-0.15, -0.1) is 11.3 Å². The van der Waals surface area contributed by atoms with Crippen molar-refractivity contribution in [3.63, 3.8) is 0 Å². The minimum Gasteiger partial charge on any atom is -0.481 e. The first-order valence-electron chi connectivity index (χ1n) is 14.4. The van der Waals surface area contributed by atoms with Crippen LogP contribution in [0.25, 0.3) is 11.3 Å². The fourth-order valence-corrected chi connectivity index (χ4v) is 6.44. The zero-order valence-electron chi connectivity index (χ0n) is 23.3. The molecular weight excluding hydrogens is 514 g/mol. The largest absolute Gasteiger partial charge is 0.481 e. The van der Waals surface area contributed by atoms with Gasteiger partial charge in [-0.1, -0.05) is 86.0 Å². The maximum atomic E-state index is 11.2. The van der Waals surface area contributed by atoms with Crippen LogP contribution in [0, 0.1) is 0 Å². The van der Waals surface area contributed by atoms with Gasteiger partial charge in [-0.25, -0.2) is 4.98 Å². The third kappa shape index (κ3) is 7.80. The van der Waals surface area contributed by atoms with Crippen LogP contribution in [0.4, 0.5) is 5.69 Å². The highest BCUT2D eigenvalue weighted by molar-refractivity contribution is 7.09. The maximum Gasteiger partial charge on any atom is 0.304 e. The van der Waals surface area contributed by atoms with Gasteiger partial charge < -0.3 is 10.0 Å². The number of nitrogens with zero attached hydrogens (tertiary/aromatic N) is 3. The summed E-state index contributed by atoms with van der Waals surface area (Å²) in [6, 6.07) is 28.1. The summed E-state index contributed by atoms with van der Waals surface area (Å²) < 4.78 is 0. The number of anilines is 1. The van der Waals surface area contributed by atoms with E-state index in [0.29, 0.717) is 19.6 Å². The van der Waals surface area contributed by atoms with Crippen molar-refractivity contribution in [2.45, 2.75) is 64.1 Å². The van der Waals surface area contributed by atoms with Gasteiger partial charge >= 0.3 is 5.97 Å². The van der Waals surface area contributed by atoms with Gasteiger partial charge in [-0.2, -0.15) is 0 Å². The number of rotatable bonds is 12. The molecule has 4 aromatic rings. The summed E-state index contributed by atoms with van der Waals surface area (Å²) in [7, 11) is 2.14. The Morgan fingerprint density at radius 2 is 1.57 bits per heavy atom. The van der Waals surface area contributed by atoms with E-state index in [1.165, 1.54) is 54.5 Å². The number of carbonyl (C=O) groups is 1. The van der Waals surface area contributed by atoms with Crippen molar-refractivity contribution in [3.8, 4) is 11.3 Å². The van der Waals surface area contributed by atoms with E-state index < -0.39 is 5.97 Å². The molecule has 0 saturated heterocycles. The molecule has 0 bridgehead atoms. The Hall–Kier alpha value is -3.48. The molecule has 0 spiro atoms. The molecule has 1 saturated carbocycles. The smallest absolute Gasteiger partial charge is 0.304 e. The summed E-state index contributed by atoms with van der Waals surface area (Å²) in [6.07, 6.45) is 6.92. The van der Waals surface area contributed by atoms with E-state index in [9.17, 15) is 9.90 Å². The van der Waals surface area contributed by atoms with Gasteiger partial charge in [0, 0.05) is 43.3 Å². The van der Waals surface area contributed by atoms with Crippen LogP contribution in [0.3, 0.4) is 0 Å². The minimum atomic E-state index is -0.778. The quantitative estimate of drug-likeness (QED) is 0.193. The number of aliphatic carboxylic acids is 1. The van der Waals surface area contributed by atoms with E-state index in [1.807, 2.05) is 18.2 Å². The molecule has 1 aliphatic rings. The number of aromatic nitrogens is 1. The molecule has 208 valence electrons. The SMILES string of the molecule is CN(Cc1ccc(C2CCCCC2)cc1)c1ccc(-c2csc(CN(CCC(=O)O)Cc3ccccc3)n2)cc1. The van der Waals surface area contributed by atoms with Crippen LogP contribution < -0.4 is 4.90 Å². The normalized spacial score (nSPS) is 13.9. The van der Waals surface area contributed by atoms with Crippen LogP contribution in [-0.4, -0.2) is 34.6 Å². The van der Waals surface area contributed by atoms with E-state index in [0.717, 1.165) is 28.7 Å². The fourth-order valence-electron chi connectivity index (χ4n) is 5.60. The third-order valence-electron chi connectivity index (χ3n) is 7.88. The number of benzene rings is 3. The Morgan fingerprint density at radius 3 is 2.27 bits per heavy atom. The lowest BCUT2D eigenvalue weighted by Crippen LogP contribution is -2.25. The van der Waals surface area contributed by atoms with Gasteiger partial charge in [-0.05, 0) is 47.6 Å². The van der Waals surface area contributed by atoms with Gasteiger partial charge in [0.2, 0.25) is 0 Å². The number of carboxylic acid groups (broad SMARTS) is 1. The van der Waals surface area contributed by atoms with Crippen LogP contribution >= 0.6 is 11.3 Å². The summed E-state index contributed by atoms with van der Waals surface area (Å²) in [5, 5.41) is 12.3. The fraction of sp³-hybridized carbons (Fsp3) is 0.353. The highest BCUT2D eigenvalue weighted by atomic mass is 32.1. The topological polar surface area (TPSA) is 56.7 Å². The molecule has 1 N–H and O–H groups in total. The highest BCUT2D eigenvalue weighted by Crippen LogP contribution is 2.33. The monoisotopic (exact) mass is 553 g/mol. The van der Waals surface area contributed by atoms with Crippen molar-refractivity contribution in [2.75, 3.05) is 18.5 Å². The Morgan fingerprint density at radius 1 is 0.875 bits per heavy atom. The molecule has 0 aliphatic heterocycles. The number of carboxylic acids is 1. The molecule has 3 aromatic carbocycles. The zero-order valence-corrected chi connectivity index (χ0v) is 24.2. The summed E-state index contributed by atoms with van der Waals surface area (Å²) >= 11 is 1.63. The van der Waals surface area contributed by atoms with E-state index in [1.54, 1.807) is 11.3 Å².